The van der Waals surface area contributed by atoms with Gasteiger partial charge in [0.25, 0.3) is 0 Å². The molecule has 194 valence electrons. The maximum atomic E-state index is 11.6. The highest BCUT2D eigenvalue weighted by atomic mass is 16.6. The lowest BCUT2D eigenvalue weighted by Crippen LogP contribution is -2.35. The highest BCUT2D eigenvalue weighted by Crippen LogP contribution is 2.10. The first-order valence-corrected chi connectivity index (χ1v) is 11.9. The van der Waals surface area contributed by atoms with Crippen LogP contribution < -0.4 is 10.8 Å². The van der Waals surface area contributed by atoms with Crippen LogP contribution in [0, 0.1) is 0 Å². The van der Waals surface area contributed by atoms with Crippen molar-refractivity contribution in [3.63, 3.8) is 0 Å². The van der Waals surface area contributed by atoms with E-state index in [1.165, 1.54) is 0 Å². The standard InChI is InChI=1S/C16H26BNO4.C9H19NO2/c1-16(2,3)22-15(19)10-7-11-18(4)12-13-8-5-6-9-14(13)17(20)21;1-9(2,3)12-8(11)6-5-7-10-4/h5-6,8-9,20-21H,7,10-12H2,1-4H3;10H,5-7H2,1-4H3. The molecule has 0 heterocycles. The van der Waals surface area contributed by atoms with Crippen LogP contribution in [0.2, 0.25) is 0 Å². The molecule has 0 aliphatic carbocycles. The van der Waals surface area contributed by atoms with Crippen LogP contribution in [-0.4, -0.2) is 72.4 Å². The van der Waals surface area contributed by atoms with Gasteiger partial charge in [0.2, 0.25) is 0 Å². The maximum Gasteiger partial charge on any atom is 0.488 e. The smallest absolute Gasteiger partial charge is 0.460 e. The van der Waals surface area contributed by atoms with E-state index in [9.17, 15) is 19.6 Å². The molecule has 0 aromatic heterocycles. The number of carbonyl (C=O) groups is 2. The Bertz CT molecular complexity index is 729. The molecule has 0 radical (unpaired) electrons. The lowest BCUT2D eigenvalue weighted by Gasteiger charge is -2.21. The number of nitrogens with one attached hydrogen (secondary N) is 1. The van der Waals surface area contributed by atoms with Gasteiger partial charge in [-0.15, -0.1) is 0 Å². The highest BCUT2D eigenvalue weighted by Gasteiger charge is 2.18. The van der Waals surface area contributed by atoms with Crippen molar-refractivity contribution in [1.29, 1.82) is 0 Å². The summed E-state index contributed by atoms with van der Waals surface area (Å²) in [5.41, 5.74) is 0.592. The first-order chi connectivity index (χ1) is 15.6. The molecule has 1 aromatic rings. The van der Waals surface area contributed by atoms with Gasteiger partial charge in [-0.25, -0.2) is 0 Å². The predicted octanol–water partition coefficient (Wildman–Crippen LogP) is 2.25. The maximum absolute atomic E-state index is 11.6. The van der Waals surface area contributed by atoms with Gasteiger partial charge in [0, 0.05) is 19.4 Å². The van der Waals surface area contributed by atoms with E-state index in [0.29, 0.717) is 31.3 Å². The summed E-state index contributed by atoms with van der Waals surface area (Å²) in [7, 11) is 2.34. The Morgan fingerprint density at radius 1 is 0.941 bits per heavy atom. The lowest BCUT2D eigenvalue weighted by atomic mass is 9.77. The number of carbonyl (C=O) groups excluding carboxylic acids is 2. The minimum atomic E-state index is -1.47. The molecule has 3 N–H and O–H groups in total. The van der Waals surface area contributed by atoms with Crippen LogP contribution in [-0.2, 0) is 25.6 Å². The number of hydrogen-bond acceptors (Lipinski definition) is 8. The van der Waals surface area contributed by atoms with E-state index >= 15 is 0 Å². The molecule has 34 heavy (non-hydrogen) atoms. The average molecular weight is 480 g/mol. The number of rotatable bonds is 11. The Morgan fingerprint density at radius 3 is 1.91 bits per heavy atom. The zero-order valence-electron chi connectivity index (χ0n) is 22.3. The first-order valence-electron chi connectivity index (χ1n) is 11.9. The second-order valence-corrected chi connectivity index (χ2v) is 10.3. The van der Waals surface area contributed by atoms with Gasteiger partial charge in [-0.1, -0.05) is 24.3 Å². The molecule has 0 aliphatic heterocycles. The number of benzene rings is 1. The second kappa shape index (κ2) is 15.9. The summed E-state index contributed by atoms with van der Waals surface area (Å²) in [4.78, 5) is 24.8. The van der Waals surface area contributed by atoms with E-state index in [-0.39, 0.29) is 17.5 Å². The summed E-state index contributed by atoms with van der Waals surface area (Å²) in [6.07, 6.45) is 2.42. The van der Waals surface area contributed by atoms with Crippen molar-refractivity contribution in [2.24, 2.45) is 0 Å². The molecule has 1 aromatic carbocycles. The molecule has 9 heteroatoms. The largest absolute Gasteiger partial charge is 0.488 e. The predicted molar refractivity (Wildman–Crippen MR) is 137 cm³/mol. The number of esters is 2. The van der Waals surface area contributed by atoms with Gasteiger partial charge in [0.1, 0.15) is 11.2 Å². The van der Waals surface area contributed by atoms with Crippen LogP contribution in [0.4, 0.5) is 0 Å². The third-order valence-corrected chi connectivity index (χ3v) is 4.34. The Morgan fingerprint density at radius 2 is 1.44 bits per heavy atom. The van der Waals surface area contributed by atoms with E-state index in [4.69, 9.17) is 9.47 Å². The third-order valence-electron chi connectivity index (χ3n) is 4.34. The van der Waals surface area contributed by atoms with Crippen LogP contribution in [0.5, 0.6) is 0 Å². The molecule has 8 nitrogen and oxygen atoms in total. The molecular weight excluding hydrogens is 435 g/mol. The molecular formula is C25H45BN2O6. The van der Waals surface area contributed by atoms with Gasteiger partial charge in [-0.2, -0.15) is 0 Å². The van der Waals surface area contributed by atoms with Gasteiger partial charge >= 0.3 is 19.1 Å². The summed E-state index contributed by atoms with van der Waals surface area (Å²) in [5, 5.41) is 21.7. The summed E-state index contributed by atoms with van der Waals surface area (Å²) in [6, 6.07) is 7.23. The van der Waals surface area contributed by atoms with Crippen molar-refractivity contribution < 1.29 is 29.1 Å². The molecule has 0 atom stereocenters. The van der Waals surface area contributed by atoms with Gasteiger partial charge in [0.05, 0.1) is 0 Å². The molecule has 0 saturated heterocycles. The minimum Gasteiger partial charge on any atom is -0.460 e. The van der Waals surface area contributed by atoms with E-state index in [2.05, 4.69) is 5.32 Å². The van der Waals surface area contributed by atoms with Crippen molar-refractivity contribution in [3.8, 4) is 0 Å². The fourth-order valence-electron chi connectivity index (χ4n) is 2.99. The first kappa shape index (κ1) is 32.1. The van der Waals surface area contributed by atoms with Crippen LogP contribution >= 0.6 is 0 Å². The van der Waals surface area contributed by atoms with Crippen molar-refractivity contribution in [3.05, 3.63) is 29.8 Å². The highest BCUT2D eigenvalue weighted by molar-refractivity contribution is 6.59. The monoisotopic (exact) mass is 480 g/mol. The van der Waals surface area contributed by atoms with Gasteiger partial charge in [-0.3, -0.25) is 9.59 Å². The van der Waals surface area contributed by atoms with Gasteiger partial charge < -0.3 is 29.7 Å². The van der Waals surface area contributed by atoms with E-state index in [1.54, 1.807) is 12.1 Å². The van der Waals surface area contributed by atoms with E-state index < -0.39 is 12.7 Å². The topological polar surface area (TPSA) is 108 Å². The molecule has 0 amide bonds. The quantitative estimate of drug-likeness (QED) is 0.252. The molecule has 0 spiro atoms. The average Bonchev–Trinajstić information content (AvgIpc) is 2.66. The van der Waals surface area contributed by atoms with E-state index in [0.717, 1.165) is 25.1 Å². The lowest BCUT2D eigenvalue weighted by molar-refractivity contribution is -0.156. The normalized spacial score (nSPS) is 11.5. The Kier molecular flexibility index (Phi) is 15.0. The second-order valence-electron chi connectivity index (χ2n) is 10.3. The molecule has 0 unspecified atom stereocenters. The van der Waals surface area contributed by atoms with Crippen molar-refractivity contribution in [2.45, 2.75) is 85.0 Å². The SMILES string of the molecule is CN(CCCC(=O)OC(C)(C)C)Cc1ccccc1B(O)O.CNCCCC(=O)OC(C)(C)C. The Balaban J connectivity index is 0.000000770. The number of nitrogens with zero attached hydrogens (tertiary/aromatic N) is 1. The van der Waals surface area contributed by atoms with E-state index in [1.807, 2.05) is 72.7 Å². The van der Waals surface area contributed by atoms with Crippen LogP contribution in [0.25, 0.3) is 0 Å². The molecule has 0 fully saturated rings. The number of ether oxygens (including phenoxy) is 2. The molecule has 0 saturated carbocycles. The molecule has 0 bridgehead atoms. The summed E-state index contributed by atoms with van der Waals surface area (Å²) in [6.45, 7) is 13.4. The summed E-state index contributed by atoms with van der Waals surface area (Å²) < 4.78 is 10.4. The summed E-state index contributed by atoms with van der Waals surface area (Å²) in [5.74, 6) is -0.301. The molecule has 1 rings (SSSR count). The third kappa shape index (κ3) is 17.5. The summed E-state index contributed by atoms with van der Waals surface area (Å²) >= 11 is 0. The van der Waals surface area contributed by atoms with Crippen LogP contribution in [0.1, 0.15) is 72.8 Å². The van der Waals surface area contributed by atoms with Crippen LogP contribution in [0.15, 0.2) is 24.3 Å². The van der Waals surface area contributed by atoms with Crippen molar-refractivity contribution in [2.75, 3.05) is 27.2 Å². The van der Waals surface area contributed by atoms with Crippen molar-refractivity contribution in [1.82, 2.24) is 10.2 Å². The Labute approximate surface area is 206 Å². The zero-order valence-corrected chi connectivity index (χ0v) is 22.3. The fraction of sp³-hybridized carbons (Fsp3) is 0.680. The number of hydrogen-bond donors (Lipinski definition) is 3. The minimum absolute atomic E-state index is 0.113. The van der Waals surface area contributed by atoms with Gasteiger partial charge in [0.15, 0.2) is 0 Å². The zero-order chi connectivity index (χ0) is 26.4. The van der Waals surface area contributed by atoms with Crippen LogP contribution in [0.3, 0.4) is 0 Å². The molecule has 0 aliphatic rings. The van der Waals surface area contributed by atoms with Crippen molar-refractivity contribution >= 4 is 24.5 Å². The fourth-order valence-corrected chi connectivity index (χ4v) is 2.99. The van der Waals surface area contributed by atoms with Gasteiger partial charge in [-0.05, 0) is 92.6 Å². The Hall–Kier alpha value is -1.94.